The Kier molecular flexibility index (Phi) is 5.11. The van der Waals surface area contributed by atoms with Gasteiger partial charge in [0.05, 0.1) is 19.5 Å². The Morgan fingerprint density at radius 2 is 2.27 bits per heavy atom. The fraction of sp³-hybridized carbons (Fsp3) is 0.667. The first-order valence-electron chi connectivity index (χ1n) is 6.68. The highest BCUT2D eigenvalue weighted by Crippen LogP contribution is 2.28. The van der Waals surface area contributed by atoms with Crippen molar-refractivity contribution in [1.29, 1.82) is 0 Å². The maximum absolute atomic E-state index is 11.2. The smallest absolute Gasteiger partial charge is 0.321 e. The zero-order valence-electron chi connectivity index (χ0n) is 11.6. The summed E-state index contributed by atoms with van der Waals surface area (Å²) in [5.41, 5.74) is 0.577. The van der Waals surface area contributed by atoms with E-state index < -0.39 is 49.3 Å². The molecular weight excluding hydrogens is 298 g/mol. The molecule has 5 atom stereocenters. The molecule has 0 spiro atoms. The molecule has 0 bridgehead atoms. The number of aromatic nitrogens is 2. The molecule has 0 radical (unpaired) electrons. The number of carboxylic acids is 1. The van der Waals surface area contributed by atoms with Crippen LogP contribution in [-0.4, -0.2) is 84.8 Å². The van der Waals surface area contributed by atoms with Gasteiger partial charge in [0.15, 0.2) is 0 Å². The van der Waals surface area contributed by atoms with Crippen LogP contribution in [0.15, 0.2) is 12.5 Å². The largest absolute Gasteiger partial charge is 0.480 e. The van der Waals surface area contributed by atoms with E-state index in [2.05, 4.69) is 15.3 Å². The van der Waals surface area contributed by atoms with Crippen LogP contribution in [0.2, 0.25) is 0 Å². The van der Waals surface area contributed by atoms with Crippen molar-refractivity contribution in [1.82, 2.24) is 15.3 Å². The molecule has 1 aromatic heterocycles. The van der Waals surface area contributed by atoms with Gasteiger partial charge >= 0.3 is 5.97 Å². The zero-order valence-corrected chi connectivity index (χ0v) is 11.6. The Morgan fingerprint density at radius 1 is 1.55 bits per heavy atom. The molecule has 1 aliphatic heterocycles. The molecule has 124 valence electrons. The predicted octanol–water partition coefficient (Wildman–Crippen LogP) is -3.20. The number of hydrogen-bond acceptors (Lipinski definition) is 8. The summed E-state index contributed by atoms with van der Waals surface area (Å²) in [6.07, 6.45) is -1.32. The molecule has 1 fully saturated rings. The Bertz CT molecular complexity index is 497. The second kappa shape index (κ2) is 6.69. The summed E-state index contributed by atoms with van der Waals surface area (Å²) in [5, 5.41) is 50.3. The molecule has 1 saturated heterocycles. The van der Waals surface area contributed by atoms with Crippen molar-refractivity contribution in [3.63, 3.8) is 0 Å². The van der Waals surface area contributed by atoms with Gasteiger partial charge in [0, 0.05) is 18.3 Å². The van der Waals surface area contributed by atoms with Gasteiger partial charge in [-0.25, -0.2) is 4.98 Å². The lowest BCUT2D eigenvalue weighted by molar-refractivity contribution is -0.227. The maximum atomic E-state index is 11.2. The van der Waals surface area contributed by atoms with Crippen LogP contribution in [0.4, 0.5) is 0 Å². The van der Waals surface area contributed by atoms with Crippen molar-refractivity contribution in [2.45, 2.75) is 36.6 Å². The summed E-state index contributed by atoms with van der Waals surface area (Å²) in [6, 6.07) is -1.06. The average Bonchev–Trinajstić information content (AvgIpc) is 3.06. The fourth-order valence-electron chi connectivity index (χ4n) is 2.30. The van der Waals surface area contributed by atoms with Crippen LogP contribution < -0.4 is 5.32 Å². The van der Waals surface area contributed by atoms with E-state index in [-0.39, 0.29) is 6.42 Å². The number of aromatic amines is 1. The second-order valence-corrected chi connectivity index (χ2v) is 5.17. The van der Waals surface area contributed by atoms with Gasteiger partial charge in [0.25, 0.3) is 0 Å². The number of imidazole rings is 1. The number of aliphatic carboxylic acids is 1. The first kappa shape index (κ1) is 16.8. The third-order valence-corrected chi connectivity index (χ3v) is 3.58. The molecule has 1 aliphatic rings. The summed E-state index contributed by atoms with van der Waals surface area (Å²) < 4.78 is 5.02. The van der Waals surface area contributed by atoms with Gasteiger partial charge in [-0.05, 0) is 0 Å². The lowest BCUT2D eigenvalue weighted by atomic mass is 10.0. The van der Waals surface area contributed by atoms with Crippen molar-refractivity contribution in [3.8, 4) is 0 Å². The predicted molar refractivity (Wildman–Crippen MR) is 70.6 cm³/mol. The zero-order chi connectivity index (χ0) is 16.3. The van der Waals surface area contributed by atoms with Gasteiger partial charge in [-0.1, -0.05) is 0 Å². The number of nitrogens with zero attached hydrogens (tertiary/aromatic N) is 1. The molecule has 10 heteroatoms. The van der Waals surface area contributed by atoms with Crippen molar-refractivity contribution in [2.24, 2.45) is 0 Å². The summed E-state index contributed by atoms with van der Waals surface area (Å²) in [4.78, 5) is 17.8. The van der Waals surface area contributed by atoms with E-state index in [0.29, 0.717) is 5.69 Å². The SMILES string of the molecule is O=C(O)C(Cc1cnc[nH]1)NCC1(O)OC(CO)C(O)C1O. The topological polar surface area (TPSA) is 168 Å². The van der Waals surface area contributed by atoms with Crippen LogP contribution in [-0.2, 0) is 16.0 Å². The van der Waals surface area contributed by atoms with E-state index in [1.165, 1.54) is 12.5 Å². The third kappa shape index (κ3) is 3.43. The van der Waals surface area contributed by atoms with Crippen molar-refractivity contribution in [2.75, 3.05) is 13.2 Å². The van der Waals surface area contributed by atoms with Gasteiger partial charge in [-0.3, -0.25) is 10.1 Å². The quantitative estimate of drug-likeness (QED) is 0.274. The number of H-pyrrole nitrogens is 1. The monoisotopic (exact) mass is 317 g/mol. The first-order chi connectivity index (χ1) is 10.4. The summed E-state index contributed by atoms with van der Waals surface area (Å²) in [7, 11) is 0. The van der Waals surface area contributed by atoms with E-state index in [1.54, 1.807) is 0 Å². The summed E-state index contributed by atoms with van der Waals surface area (Å²) in [6.45, 7) is -1.02. The number of rotatable bonds is 7. The molecule has 0 saturated carbocycles. The minimum Gasteiger partial charge on any atom is -0.480 e. The molecule has 0 aliphatic carbocycles. The third-order valence-electron chi connectivity index (χ3n) is 3.58. The van der Waals surface area contributed by atoms with Crippen molar-refractivity contribution in [3.05, 3.63) is 18.2 Å². The molecule has 7 N–H and O–H groups in total. The molecule has 0 aromatic carbocycles. The lowest BCUT2D eigenvalue weighted by Gasteiger charge is -2.28. The molecule has 2 rings (SSSR count). The van der Waals surface area contributed by atoms with Crippen LogP contribution in [0.1, 0.15) is 5.69 Å². The summed E-state index contributed by atoms with van der Waals surface area (Å²) in [5.74, 6) is -3.35. The Hall–Kier alpha value is -1.56. The molecule has 2 heterocycles. The number of hydrogen-bond donors (Lipinski definition) is 7. The number of carboxylic acid groups (broad SMARTS) is 1. The Balaban J connectivity index is 1.98. The molecule has 22 heavy (non-hydrogen) atoms. The van der Waals surface area contributed by atoms with Gasteiger partial charge in [-0.15, -0.1) is 0 Å². The summed E-state index contributed by atoms with van der Waals surface area (Å²) >= 11 is 0. The van der Waals surface area contributed by atoms with Gasteiger partial charge in [0.2, 0.25) is 5.79 Å². The molecule has 10 nitrogen and oxygen atoms in total. The number of aliphatic hydroxyl groups excluding tert-OH is 3. The first-order valence-corrected chi connectivity index (χ1v) is 6.68. The number of aliphatic hydroxyl groups is 4. The molecule has 1 aromatic rings. The van der Waals surface area contributed by atoms with Crippen LogP contribution in [0, 0.1) is 0 Å². The number of ether oxygens (including phenoxy) is 1. The highest BCUT2D eigenvalue weighted by molar-refractivity contribution is 5.73. The van der Waals surface area contributed by atoms with Crippen LogP contribution in [0.25, 0.3) is 0 Å². The Morgan fingerprint density at radius 3 is 2.77 bits per heavy atom. The van der Waals surface area contributed by atoms with E-state index in [9.17, 15) is 25.2 Å². The lowest BCUT2D eigenvalue weighted by Crippen LogP contribution is -2.54. The van der Waals surface area contributed by atoms with Gasteiger partial charge in [-0.2, -0.15) is 0 Å². The average molecular weight is 317 g/mol. The molecular formula is C12H19N3O7. The highest BCUT2D eigenvalue weighted by atomic mass is 16.7. The normalized spacial score (nSPS) is 33.0. The fourth-order valence-corrected chi connectivity index (χ4v) is 2.30. The highest BCUT2D eigenvalue weighted by Gasteiger charge is 2.53. The number of nitrogens with one attached hydrogen (secondary N) is 2. The van der Waals surface area contributed by atoms with Crippen molar-refractivity contribution >= 4 is 5.97 Å². The van der Waals surface area contributed by atoms with E-state index >= 15 is 0 Å². The minimum atomic E-state index is -2.19. The van der Waals surface area contributed by atoms with Crippen LogP contribution >= 0.6 is 0 Å². The van der Waals surface area contributed by atoms with E-state index in [0.717, 1.165) is 0 Å². The van der Waals surface area contributed by atoms with Gasteiger partial charge < -0.3 is 35.3 Å². The number of carbonyl (C=O) groups is 1. The van der Waals surface area contributed by atoms with Gasteiger partial charge in [0.1, 0.15) is 24.4 Å². The van der Waals surface area contributed by atoms with E-state index in [1.807, 2.05) is 0 Å². The van der Waals surface area contributed by atoms with Crippen molar-refractivity contribution < 1.29 is 35.1 Å². The van der Waals surface area contributed by atoms with E-state index in [4.69, 9.17) is 9.84 Å². The molecule has 0 amide bonds. The molecule has 5 unspecified atom stereocenters. The van der Waals surface area contributed by atoms with Crippen LogP contribution in [0.5, 0.6) is 0 Å². The Labute approximate surface area is 125 Å². The maximum Gasteiger partial charge on any atom is 0.321 e. The standard InChI is InChI=1S/C12H19N3O7/c16-3-8-9(17)10(18)12(21,22-8)4-14-7(11(19)20)1-6-2-13-5-15-6/h2,5,7-10,14,16-18,21H,1,3-4H2,(H,13,15)(H,19,20). The minimum absolute atomic E-state index is 0.0769. The van der Waals surface area contributed by atoms with Crippen LogP contribution in [0.3, 0.4) is 0 Å². The second-order valence-electron chi connectivity index (χ2n) is 5.17.